The highest BCUT2D eigenvalue weighted by Crippen LogP contribution is 2.35. The molecule has 3 rings (SSSR count). The third-order valence-electron chi connectivity index (χ3n) is 3.18. The first kappa shape index (κ1) is 13.1. The van der Waals surface area contributed by atoms with Gasteiger partial charge >= 0.3 is 0 Å². The summed E-state index contributed by atoms with van der Waals surface area (Å²) >= 11 is 0. The van der Waals surface area contributed by atoms with Gasteiger partial charge in [-0.25, -0.2) is 0 Å². The molecule has 2 N–H and O–H groups in total. The van der Waals surface area contributed by atoms with E-state index in [4.69, 9.17) is 9.47 Å². The molecule has 0 aliphatic carbocycles. The van der Waals surface area contributed by atoms with Crippen LogP contribution in [0.5, 0.6) is 23.0 Å². The molecule has 5 heteroatoms. The Bertz CT molecular complexity index is 761. The van der Waals surface area contributed by atoms with E-state index in [1.165, 1.54) is 37.5 Å². The maximum Gasteiger partial charge on any atom is 0.231 e. The molecule has 1 aliphatic rings. The predicted molar refractivity (Wildman–Crippen MR) is 75.7 cm³/mol. The van der Waals surface area contributed by atoms with Crippen LogP contribution in [0.1, 0.15) is 15.9 Å². The molecule has 1 heterocycles. The minimum Gasteiger partial charge on any atom is -0.508 e. The van der Waals surface area contributed by atoms with Crippen molar-refractivity contribution in [3.63, 3.8) is 0 Å². The number of hydrogen-bond acceptors (Lipinski definition) is 5. The summed E-state index contributed by atoms with van der Waals surface area (Å²) in [6, 6.07) is 9.05. The van der Waals surface area contributed by atoms with Gasteiger partial charge in [0.15, 0.2) is 5.76 Å². The molecule has 0 radical (unpaired) electrons. The van der Waals surface area contributed by atoms with Crippen molar-refractivity contribution in [2.75, 3.05) is 7.11 Å². The number of ketones is 1. The number of rotatable bonds is 2. The smallest absolute Gasteiger partial charge is 0.231 e. The van der Waals surface area contributed by atoms with Gasteiger partial charge in [0, 0.05) is 17.7 Å². The largest absolute Gasteiger partial charge is 0.508 e. The number of allylic oxidation sites excluding steroid dienone is 1. The Morgan fingerprint density at radius 2 is 1.95 bits per heavy atom. The minimum absolute atomic E-state index is 0.0166. The van der Waals surface area contributed by atoms with E-state index < -0.39 is 0 Å². The molecule has 0 atom stereocenters. The van der Waals surface area contributed by atoms with Crippen molar-refractivity contribution in [3.05, 3.63) is 53.3 Å². The third kappa shape index (κ3) is 2.29. The van der Waals surface area contributed by atoms with Gasteiger partial charge in [-0.05, 0) is 30.3 Å². The van der Waals surface area contributed by atoms with E-state index in [0.29, 0.717) is 22.6 Å². The first-order chi connectivity index (χ1) is 10.1. The maximum atomic E-state index is 12.2. The van der Waals surface area contributed by atoms with Gasteiger partial charge in [-0.3, -0.25) is 4.79 Å². The van der Waals surface area contributed by atoms with E-state index in [1.54, 1.807) is 12.1 Å². The van der Waals surface area contributed by atoms with Crippen molar-refractivity contribution in [3.8, 4) is 23.0 Å². The fraction of sp³-hybridized carbons (Fsp3) is 0.0625. The van der Waals surface area contributed by atoms with Crippen LogP contribution in [0.15, 0.2) is 42.2 Å². The molecule has 0 fully saturated rings. The summed E-state index contributed by atoms with van der Waals surface area (Å²) < 4.78 is 10.4. The van der Waals surface area contributed by atoms with E-state index in [-0.39, 0.29) is 23.0 Å². The third-order valence-corrected chi connectivity index (χ3v) is 3.18. The summed E-state index contributed by atoms with van der Waals surface area (Å²) in [6.07, 6.45) is 1.45. The molecule has 0 spiro atoms. The first-order valence-corrected chi connectivity index (χ1v) is 6.23. The lowest BCUT2D eigenvalue weighted by Crippen LogP contribution is -1.98. The molecule has 0 aromatic heterocycles. The summed E-state index contributed by atoms with van der Waals surface area (Å²) in [5.74, 6) is 0.629. The van der Waals surface area contributed by atoms with Crippen molar-refractivity contribution in [2.45, 2.75) is 0 Å². The number of benzene rings is 2. The summed E-state index contributed by atoms with van der Waals surface area (Å²) in [5, 5.41) is 19.3. The number of phenolic OH excluding ortho intramolecular Hbond substituents is 2. The number of methoxy groups -OCH3 is 1. The second kappa shape index (κ2) is 4.86. The Balaban J connectivity index is 1.97. The number of aromatic hydroxyl groups is 2. The van der Waals surface area contributed by atoms with Crippen molar-refractivity contribution >= 4 is 11.9 Å². The molecule has 0 bridgehead atoms. The van der Waals surface area contributed by atoms with Crippen LogP contribution in [0.3, 0.4) is 0 Å². The van der Waals surface area contributed by atoms with Crippen molar-refractivity contribution in [2.24, 2.45) is 0 Å². The summed E-state index contributed by atoms with van der Waals surface area (Å²) in [7, 11) is 1.50. The topological polar surface area (TPSA) is 76.0 Å². The minimum atomic E-state index is -0.291. The van der Waals surface area contributed by atoms with E-state index in [9.17, 15) is 15.0 Å². The number of carbonyl (C=O) groups excluding carboxylic acids is 1. The molecule has 5 nitrogen and oxygen atoms in total. The molecule has 0 saturated heterocycles. The number of ether oxygens (including phenoxy) is 2. The Kier molecular flexibility index (Phi) is 3.02. The van der Waals surface area contributed by atoms with E-state index >= 15 is 0 Å². The van der Waals surface area contributed by atoms with Gasteiger partial charge in [-0.2, -0.15) is 0 Å². The van der Waals surface area contributed by atoms with Crippen LogP contribution in [-0.4, -0.2) is 23.1 Å². The van der Waals surface area contributed by atoms with Crippen molar-refractivity contribution in [1.82, 2.24) is 0 Å². The van der Waals surface area contributed by atoms with Crippen LogP contribution in [0.2, 0.25) is 0 Å². The number of hydrogen-bond donors (Lipinski definition) is 2. The monoisotopic (exact) mass is 284 g/mol. The van der Waals surface area contributed by atoms with Crippen LogP contribution in [0.25, 0.3) is 6.08 Å². The predicted octanol–water partition coefficient (Wildman–Crippen LogP) is 2.72. The molecule has 0 saturated carbocycles. The molecule has 2 aromatic rings. The van der Waals surface area contributed by atoms with Gasteiger partial charge in [-0.1, -0.05) is 0 Å². The number of phenols is 2. The highest BCUT2D eigenvalue weighted by atomic mass is 16.5. The summed E-state index contributed by atoms with van der Waals surface area (Å²) in [6.45, 7) is 0. The molecule has 0 unspecified atom stereocenters. The molecular weight excluding hydrogens is 272 g/mol. The van der Waals surface area contributed by atoms with Gasteiger partial charge < -0.3 is 19.7 Å². The average Bonchev–Trinajstić information content (AvgIpc) is 2.77. The molecule has 106 valence electrons. The lowest BCUT2D eigenvalue weighted by Gasteiger charge is -2.04. The van der Waals surface area contributed by atoms with Gasteiger partial charge in [0.25, 0.3) is 0 Å². The number of Topliss-reactive ketones (excluding diaryl/α,β-unsaturated/α-hetero) is 1. The van der Waals surface area contributed by atoms with Crippen LogP contribution >= 0.6 is 0 Å². The van der Waals surface area contributed by atoms with Gasteiger partial charge in [0.2, 0.25) is 5.78 Å². The lowest BCUT2D eigenvalue weighted by atomic mass is 10.1. The number of fused-ring (bicyclic) bond motifs is 1. The Morgan fingerprint density at radius 1 is 1.14 bits per heavy atom. The zero-order valence-electron chi connectivity index (χ0n) is 11.2. The Labute approximate surface area is 120 Å². The lowest BCUT2D eigenvalue weighted by molar-refractivity contribution is 0.101. The quantitative estimate of drug-likeness (QED) is 0.829. The fourth-order valence-corrected chi connectivity index (χ4v) is 2.09. The van der Waals surface area contributed by atoms with Crippen LogP contribution < -0.4 is 9.47 Å². The highest BCUT2D eigenvalue weighted by Gasteiger charge is 2.27. The summed E-state index contributed by atoms with van der Waals surface area (Å²) in [5.41, 5.74) is 0.822. The first-order valence-electron chi connectivity index (χ1n) is 6.23. The highest BCUT2D eigenvalue weighted by molar-refractivity contribution is 6.14. The van der Waals surface area contributed by atoms with Gasteiger partial charge in [0.05, 0.1) is 12.7 Å². The zero-order chi connectivity index (χ0) is 15.0. The molecule has 1 aliphatic heterocycles. The van der Waals surface area contributed by atoms with E-state index in [0.717, 1.165) is 0 Å². The Hall–Kier alpha value is -2.95. The average molecular weight is 284 g/mol. The van der Waals surface area contributed by atoms with Gasteiger partial charge in [0.1, 0.15) is 23.0 Å². The van der Waals surface area contributed by atoms with E-state index in [1.807, 2.05) is 0 Å². The standard InChI is InChI=1S/C16H12O5/c1-20-11-4-2-9(13(18)8-11)6-15-16(19)12-5-3-10(17)7-14(12)21-15/h2-8,17-18H,1H3/b15-6-. The molecule has 21 heavy (non-hydrogen) atoms. The second-order valence-electron chi connectivity index (χ2n) is 4.54. The second-order valence-corrected chi connectivity index (χ2v) is 4.54. The van der Waals surface area contributed by atoms with Crippen molar-refractivity contribution in [1.29, 1.82) is 0 Å². The number of carbonyl (C=O) groups is 1. The van der Waals surface area contributed by atoms with E-state index in [2.05, 4.69) is 0 Å². The van der Waals surface area contributed by atoms with Crippen LogP contribution in [0, 0.1) is 0 Å². The molecular formula is C16H12O5. The van der Waals surface area contributed by atoms with Crippen molar-refractivity contribution < 1.29 is 24.5 Å². The van der Waals surface area contributed by atoms with Crippen LogP contribution in [0.4, 0.5) is 0 Å². The fourth-order valence-electron chi connectivity index (χ4n) is 2.09. The SMILES string of the molecule is COc1ccc(/C=C2\Oc3cc(O)ccc3C2=O)c(O)c1. The molecule has 2 aromatic carbocycles. The Morgan fingerprint density at radius 3 is 2.67 bits per heavy atom. The normalized spacial score (nSPS) is 14.9. The molecule has 0 amide bonds. The summed E-state index contributed by atoms with van der Waals surface area (Å²) in [4.78, 5) is 12.2. The van der Waals surface area contributed by atoms with Gasteiger partial charge in [-0.15, -0.1) is 0 Å². The van der Waals surface area contributed by atoms with Crippen LogP contribution in [-0.2, 0) is 0 Å². The maximum absolute atomic E-state index is 12.2. The zero-order valence-corrected chi connectivity index (χ0v) is 11.2.